The third kappa shape index (κ3) is 3.03. The molecule has 2 rings (SSSR count). The van der Waals surface area contributed by atoms with Gasteiger partial charge in [-0.3, -0.25) is 0 Å². The van der Waals surface area contributed by atoms with Gasteiger partial charge in [-0.15, -0.1) is 0 Å². The van der Waals surface area contributed by atoms with Crippen LogP contribution in [0.1, 0.15) is 25.8 Å². The lowest BCUT2D eigenvalue weighted by atomic mass is 10.1. The maximum atomic E-state index is 9.81. The first-order valence-electron chi connectivity index (χ1n) is 5.99. The Morgan fingerprint density at radius 3 is 2.71 bits per heavy atom. The fraction of sp³-hybridized carbons (Fsp3) is 0.538. The van der Waals surface area contributed by atoms with Crippen LogP contribution in [0, 0.1) is 5.92 Å². The standard InChI is InChI=1S/C13H19NO3/c1-9(2)3-4-14-7-10-5-12-13(6-11(10)15)17-8-16-12/h5-6,9,14-15H,3-4,7-8H2,1-2H3. The number of phenolic OH excluding ortho intramolecular Hbond substituents is 1. The van der Waals surface area contributed by atoms with Crippen LogP contribution in [-0.2, 0) is 6.54 Å². The monoisotopic (exact) mass is 237 g/mol. The molecule has 0 saturated carbocycles. The summed E-state index contributed by atoms with van der Waals surface area (Å²) >= 11 is 0. The van der Waals surface area contributed by atoms with Crippen molar-refractivity contribution in [1.29, 1.82) is 0 Å². The predicted molar refractivity (Wildman–Crippen MR) is 65.4 cm³/mol. The summed E-state index contributed by atoms with van der Waals surface area (Å²) in [6, 6.07) is 3.45. The van der Waals surface area contributed by atoms with Gasteiger partial charge in [0, 0.05) is 18.2 Å². The average molecular weight is 237 g/mol. The van der Waals surface area contributed by atoms with E-state index in [2.05, 4.69) is 19.2 Å². The molecule has 0 atom stereocenters. The molecule has 1 aromatic carbocycles. The van der Waals surface area contributed by atoms with Crippen molar-refractivity contribution in [3.8, 4) is 17.2 Å². The van der Waals surface area contributed by atoms with Gasteiger partial charge in [-0.2, -0.15) is 0 Å². The molecule has 1 aliphatic rings. The van der Waals surface area contributed by atoms with E-state index in [0.717, 1.165) is 18.5 Å². The molecule has 4 heteroatoms. The number of fused-ring (bicyclic) bond motifs is 1. The first kappa shape index (κ1) is 12.0. The lowest BCUT2D eigenvalue weighted by Crippen LogP contribution is -2.16. The Morgan fingerprint density at radius 1 is 1.29 bits per heavy atom. The van der Waals surface area contributed by atoms with Crippen LogP contribution >= 0.6 is 0 Å². The summed E-state index contributed by atoms with van der Waals surface area (Å²) in [6.45, 7) is 6.22. The van der Waals surface area contributed by atoms with Crippen LogP contribution in [0.5, 0.6) is 17.2 Å². The number of aromatic hydroxyl groups is 1. The Bertz CT molecular complexity index is 390. The Kier molecular flexibility index (Phi) is 3.74. The fourth-order valence-corrected chi connectivity index (χ4v) is 1.73. The van der Waals surface area contributed by atoms with E-state index in [4.69, 9.17) is 9.47 Å². The van der Waals surface area contributed by atoms with Crippen molar-refractivity contribution in [1.82, 2.24) is 5.32 Å². The Labute approximate surface area is 102 Å². The molecule has 4 nitrogen and oxygen atoms in total. The van der Waals surface area contributed by atoms with Gasteiger partial charge in [-0.1, -0.05) is 13.8 Å². The zero-order chi connectivity index (χ0) is 12.3. The molecule has 0 amide bonds. The van der Waals surface area contributed by atoms with Crippen LogP contribution < -0.4 is 14.8 Å². The third-order valence-corrected chi connectivity index (χ3v) is 2.79. The molecule has 94 valence electrons. The summed E-state index contributed by atoms with van der Waals surface area (Å²) in [5.41, 5.74) is 0.845. The van der Waals surface area contributed by atoms with Crippen molar-refractivity contribution in [2.45, 2.75) is 26.8 Å². The molecule has 1 heterocycles. The summed E-state index contributed by atoms with van der Waals surface area (Å²) in [5.74, 6) is 2.27. The van der Waals surface area contributed by atoms with Gasteiger partial charge in [0.2, 0.25) is 6.79 Å². The molecule has 0 unspecified atom stereocenters. The highest BCUT2D eigenvalue weighted by Crippen LogP contribution is 2.37. The van der Waals surface area contributed by atoms with Crippen molar-refractivity contribution in [2.24, 2.45) is 5.92 Å². The maximum Gasteiger partial charge on any atom is 0.231 e. The zero-order valence-electron chi connectivity index (χ0n) is 10.3. The van der Waals surface area contributed by atoms with Crippen LogP contribution in [0.15, 0.2) is 12.1 Å². The Balaban J connectivity index is 1.92. The molecular weight excluding hydrogens is 218 g/mol. The van der Waals surface area contributed by atoms with E-state index in [1.807, 2.05) is 6.07 Å². The smallest absolute Gasteiger partial charge is 0.231 e. The van der Waals surface area contributed by atoms with Gasteiger partial charge >= 0.3 is 0 Å². The third-order valence-electron chi connectivity index (χ3n) is 2.79. The topological polar surface area (TPSA) is 50.7 Å². The second-order valence-electron chi connectivity index (χ2n) is 4.69. The van der Waals surface area contributed by atoms with Gasteiger partial charge in [-0.25, -0.2) is 0 Å². The van der Waals surface area contributed by atoms with Crippen molar-refractivity contribution in [3.05, 3.63) is 17.7 Å². The van der Waals surface area contributed by atoms with E-state index in [1.165, 1.54) is 0 Å². The lowest BCUT2D eigenvalue weighted by molar-refractivity contribution is 0.174. The van der Waals surface area contributed by atoms with Crippen LogP contribution in [-0.4, -0.2) is 18.4 Å². The highest BCUT2D eigenvalue weighted by molar-refractivity contribution is 5.51. The average Bonchev–Trinajstić information content (AvgIpc) is 2.71. The van der Waals surface area contributed by atoms with Crippen molar-refractivity contribution in [2.75, 3.05) is 13.3 Å². The molecule has 1 aliphatic heterocycles. The minimum absolute atomic E-state index is 0.235. The van der Waals surface area contributed by atoms with Gasteiger partial charge in [-0.05, 0) is 24.9 Å². The molecule has 1 aromatic rings. The normalized spacial score (nSPS) is 13.4. The molecule has 0 saturated heterocycles. The molecule has 0 aliphatic carbocycles. The molecule has 0 fully saturated rings. The molecule has 17 heavy (non-hydrogen) atoms. The summed E-state index contributed by atoms with van der Waals surface area (Å²) < 4.78 is 10.5. The van der Waals surface area contributed by atoms with Crippen molar-refractivity contribution >= 4 is 0 Å². The second-order valence-corrected chi connectivity index (χ2v) is 4.69. The van der Waals surface area contributed by atoms with Crippen LogP contribution in [0.2, 0.25) is 0 Å². The van der Waals surface area contributed by atoms with Crippen LogP contribution in [0.3, 0.4) is 0 Å². The number of phenols is 1. The first-order valence-corrected chi connectivity index (χ1v) is 5.99. The van der Waals surface area contributed by atoms with E-state index < -0.39 is 0 Å². The summed E-state index contributed by atoms with van der Waals surface area (Å²) in [4.78, 5) is 0. The van der Waals surface area contributed by atoms with Gasteiger partial charge in [0.15, 0.2) is 11.5 Å². The van der Waals surface area contributed by atoms with E-state index in [1.54, 1.807) is 6.07 Å². The van der Waals surface area contributed by atoms with E-state index in [-0.39, 0.29) is 12.5 Å². The maximum absolute atomic E-state index is 9.81. The number of ether oxygens (including phenoxy) is 2. The van der Waals surface area contributed by atoms with Crippen molar-refractivity contribution < 1.29 is 14.6 Å². The predicted octanol–water partition coefficient (Wildman–Crippen LogP) is 2.26. The largest absolute Gasteiger partial charge is 0.507 e. The quantitative estimate of drug-likeness (QED) is 0.771. The van der Waals surface area contributed by atoms with Gasteiger partial charge in [0.1, 0.15) is 5.75 Å². The molecule has 0 aromatic heterocycles. The highest BCUT2D eigenvalue weighted by Gasteiger charge is 2.16. The Hall–Kier alpha value is -1.42. The van der Waals surface area contributed by atoms with Crippen LogP contribution in [0.25, 0.3) is 0 Å². The Morgan fingerprint density at radius 2 is 2.00 bits per heavy atom. The molecular formula is C13H19NO3. The zero-order valence-corrected chi connectivity index (χ0v) is 10.3. The summed E-state index contributed by atoms with van der Waals surface area (Å²) in [7, 11) is 0. The van der Waals surface area contributed by atoms with Crippen molar-refractivity contribution in [3.63, 3.8) is 0 Å². The number of benzene rings is 1. The van der Waals surface area contributed by atoms with Gasteiger partial charge in [0.25, 0.3) is 0 Å². The number of nitrogens with one attached hydrogen (secondary N) is 1. The summed E-state index contributed by atoms with van der Waals surface area (Å²) in [6.07, 6.45) is 1.13. The molecule has 0 radical (unpaired) electrons. The highest BCUT2D eigenvalue weighted by atomic mass is 16.7. The SMILES string of the molecule is CC(C)CCNCc1cc2c(cc1O)OCO2. The minimum Gasteiger partial charge on any atom is -0.507 e. The number of rotatable bonds is 5. The minimum atomic E-state index is 0.235. The first-order chi connectivity index (χ1) is 8.16. The van der Waals surface area contributed by atoms with E-state index in [0.29, 0.717) is 24.0 Å². The molecule has 0 spiro atoms. The summed E-state index contributed by atoms with van der Waals surface area (Å²) in [5, 5.41) is 13.1. The molecule has 0 bridgehead atoms. The van der Waals surface area contributed by atoms with E-state index in [9.17, 15) is 5.11 Å². The fourth-order valence-electron chi connectivity index (χ4n) is 1.73. The second kappa shape index (κ2) is 5.27. The lowest BCUT2D eigenvalue weighted by Gasteiger charge is -2.09. The number of hydrogen-bond acceptors (Lipinski definition) is 4. The van der Waals surface area contributed by atoms with Gasteiger partial charge < -0.3 is 19.9 Å². The number of hydrogen-bond donors (Lipinski definition) is 2. The van der Waals surface area contributed by atoms with Crippen LogP contribution in [0.4, 0.5) is 0 Å². The molecule has 2 N–H and O–H groups in total. The van der Waals surface area contributed by atoms with Gasteiger partial charge in [0.05, 0.1) is 0 Å². The van der Waals surface area contributed by atoms with E-state index >= 15 is 0 Å².